The maximum Gasteiger partial charge on any atom is 0.243 e. The maximum atomic E-state index is 12.5. The zero-order valence-corrected chi connectivity index (χ0v) is 21.2. The molecule has 1 unspecified atom stereocenters. The van der Waals surface area contributed by atoms with E-state index in [2.05, 4.69) is 27.7 Å². The third-order valence-electron chi connectivity index (χ3n) is 5.27. The number of ether oxygens (including phenoxy) is 2. The second-order valence-corrected chi connectivity index (χ2v) is 9.09. The molecule has 0 bridgehead atoms. The van der Waals surface area contributed by atoms with Crippen LogP contribution in [0.15, 0.2) is 77.9 Å². The van der Waals surface area contributed by atoms with Crippen molar-refractivity contribution in [3.8, 4) is 11.5 Å². The molecule has 8 heteroatoms. The zero-order valence-electron chi connectivity index (χ0n) is 19.1. The molecule has 3 aromatic carbocycles. The zero-order chi connectivity index (χ0) is 24.2. The van der Waals surface area contributed by atoms with Crippen molar-refractivity contribution in [3.05, 3.63) is 87.5 Å². The van der Waals surface area contributed by atoms with Gasteiger partial charge in [-0.15, -0.1) is 5.10 Å². The fourth-order valence-electron chi connectivity index (χ4n) is 3.67. The van der Waals surface area contributed by atoms with E-state index in [9.17, 15) is 9.59 Å². The van der Waals surface area contributed by atoms with Crippen LogP contribution in [0, 0.1) is 10.5 Å². The first-order valence-corrected chi connectivity index (χ1v) is 11.8. The average molecular weight is 569 g/mol. The Bertz CT molecular complexity index is 1250. The van der Waals surface area contributed by atoms with Crippen molar-refractivity contribution in [1.29, 1.82) is 0 Å². The van der Waals surface area contributed by atoms with Crippen LogP contribution in [0.5, 0.6) is 11.5 Å². The number of hydrazone groups is 1. The standard InChI is InChI=1S/C26H24IN3O4/c1-17-14-21(27)12-13-24(17)29(18(2)31)16-25-30(19(3)32)28-26(34-25)20-8-7-11-23(15-20)33-22-9-5-4-6-10-22/h4-15,25H,16H2,1-3H3. The van der Waals surface area contributed by atoms with Crippen molar-refractivity contribution in [2.45, 2.75) is 27.0 Å². The van der Waals surface area contributed by atoms with Gasteiger partial charge < -0.3 is 14.4 Å². The van der Waals surface area contributed by atoms with Crippen LogP contribution in [-0.2, 0) is 14.3 Å². The van der Waals surface area contributed by atoms with Crippen molar-refractivity contribution >= 4 is 46.0 Å². The van der Waals surface area contributed by atoms with Crippen LogP contribution in [0.1, 0.15) is 25.0 Å². The molecule has 4 rings (SSSR count). The number of hydrogen-bond donors (Lipinski definition) is 0. The van der Waals surface area contributed by atoms with Gasteiger partial charge in [-0.3, -0.25) is 9.59 Å². The van der Waals surface area contributed by atoms with Gasteiger partial charge in [0.15, 0.2) is 0 Å². The Balaban J connectivity index is 1.57. The molecule has 0 saturated heterocycles. The minimum Gasteiger partial charge on any atom is -0.457 e. The van der Waals surface area contributed by atoms with Gasteiger partial charge in [0.25, 0.3) is 0 Å². The van der Waals surface area contributed by atoms with E-state index < -0.39 is 6.23 Å². The third-order valence-corrected chi connectivity index (χ3v) is 5.94. The van der Waals surface area contributed by atoms with E-state index in [-0.39, 0.29) is 18.4 Å². The number of amides is 2. The van der Waals surface area contributed by atoms with Crippen LogP contribution in [0.2, 0.25) is 0 Å². The molecule has 0 saturated carbocycles. The smallest absolute Gasteiger partial charge is 0.243 e. The van der Waals surface area contributed by atoms with Crippen molar-refractivity contribution < 1.29 is 19.1 Å². The number of carbonyl (C=O) groups excluding carboxylic acids is 2. The summed E-state index contributed by atoms with van der Waals surface area (Å²) in [7, 11) is 0. The number of nitrogens with zero attached hydrogens (tertiary/aromatic N) is 3. The molecule has 1 atom stereocenters. The Morgan fingerprint density at radius 3 is 2.44 bits per heavy atom. The lowest BCUT2D eigenvalue weighted by Crippen LogP contribution is -2.44. The normalized spacial score (nSPS) is 14.9. The van der Waals surface area contributed by atoms with Gasteiger partial charge in [0, 0.05) is 28.7 Å². The molecule has 174 valence electrons. The number of halogens is 1. The summed E-state index contributed by atoms with van der Waals surface area (Å²) in [6.07, 6.45) is -0.756. The lowest BCUT2D eigenvalue weighted by Gasteiger charge is -2.28. The lowest BCUT2D eigenvalue weighted by atomic mass is 10.1. The summed E-state index contributed by atoms with van der Waals surface area (Å²) in [4.78, 5) is 26.5. The number of hydrogen-bond acceptors (Lipinski definition) is 5. The molecule has 3 aromatic rings. The van der Waals surface area contributed by atoms with Gasteiger partial charge in [0.1, 0.15) is 11.5 Å². The van der Waals surface area contributed by atoms with E-state index in [4.69, 9.17) is 9.47 Å². The van der Waals surface area contributed by atoms with Gasteiger partial charge in [0.2, 0.25) is 23.9 Å². The second-order valence-electron chi connectivity index (χ2n) is 7.84. The summed E-state index contributed by atoms with van der Waals surface area (Å²) in [5.41, 5.74) is 2.40. The lowest BCUT2D eigenvalue weighted by molar-refractivity contribution is -0.135. The number of anilines is 1. The molecule has 0 fully saturated rings. The van der Waals surface area contributed by atoms with Gasteiger partial charge in [0.05, 0.1) is 6.54 Å². The van der Waals surface area contributed by atoms with Crippen LogP contribution in [0.25, 0.3) is 0 Å². The highest BCUT2D eigenvalue weighted by Gasteiger charge is 2.34. The van der Waals surface area contributed by atoms with Crippen LogP contribution < -0.4 is 9.64 Å². The van der Waals surface area contributed by atoms with Gasteiger partial charge in [-0.2, -0.15) is 5.01 Å². The Morgan fingerprint density at radius 2 is 1.76 bits per heavy atom. The first-order valence-electron chi connectivity index (χ1n) is 10.7. The van der Waals surface area contributed by atoms with Crippen molar-refractivity contribution in [3.63, 3.8) is 0 Å². The van der Waals surface area contributed by atoms with Crippen molar-refractivity contribution in [2.24, 2.45) is 5.10 Å². The number of carbonyl (C=O) groups is 2. The van der Waals surface area contributed by atoms with Gasteiger partial charge >= 0.3 is 0 Å². The van der Waals surface area contributed by atoms with E-state index in [0.29, 0.717) is 23.0 Å². The maximum absolute atomic E-state index is 12.5. The number of para-hydroxylation sites is 1. The largest absolute Gasteiger partial charge is 0.457 e. The molecular weight excluding hydrogens is 545 g/mol. The molecule has 0 N–H and O–H groups in total. The first-order chi connectivity index (χ1) is 16.3. The van der Waals surface area contributed by atoms with Gasteiger partial charge in [-0.25, -0.2) is 0 Å². The van der Waals surface area contributed by atoms with Gasteiger partial charge in [-0.05, 0) is 83.6 Å². The minimum absolute atomic E-state index is 0.142. The Kier molecular flexibility index (Phi) is 7.16. The summed E-state index contributed by atoms with van der Waals surface area (Å²) >= 11 is 2.23. The quantitative estimate of drug-likeness (QED) is 0.378. The molecule has 0 aromatic heterocycles. The highest BCUT2D eigenvalue weighted by atomic mass is 127. The van der Waals surface area contributed by atoms with Crippen LogP contribution in [0.3, 0.4) is 0 Å². The van der Waals surface area contributed by atoms with Gasteiger partial charge in [-0.1, -0.05) is 24.3 Å². The topological polar surface area (TPSA) is 71.4 Å². The molecular formula is C26H24IN3O4. The summed E-state index contributed by atoms with van der Waals surface area (Å²) in [6.45, 7) is 5.01. The van der Waals surface area contributed by atoms with Crippen molar-refractivity contribution in [1.82, 2.24) is 5.01 Å². The summed E-state index contributed by atoms with van der Waals surface area (Å²) in [5.74, 6) is 1.19. The molecule has 1 aliphatic heterocycles. The molecule has 0 aliphatic carbocycles. The number of aryl methyl sites for hydroxylation is 1. The summed E-state index contributed by atoms with van der Waals surface area (Å²) < 4.78 is 13.1. The predicted octanol–water partition coefficient (Wildman–Crippen LogP) is 5.31. The van der Waals surface area contributed by atoms with E-state index in [1.165, 1.54) is 18.9 Å². The SMILES string of the molecule is CC(=O)N(CC1OC(c2cccc(Oc3ccccc3)c2)=NN1C(C)=O)c1ccc(I)cc1C. The van der Waals surface area contributed by atoms with E-state index in [0.717, 1.165) is 14.8 Å². The summed E-state index contributed by atoms with van der Waals surface area (Å²) in [6, 6.07) is 22.6. The molecule has 0 spiro atoms. The first kappa shape index (κ1) is 23.7. The van der Waals surface area contributed by atoms with E-state index >= 15 is 0 Å². The Morgan fingerprint density at radius 1 is 1.03 bits per heavy atom. The average Bonchev–Trinajstić information content (AvgIpc) is 3.23. The van der Waals surface area contributed by atoms with Crippen molar-refractivity contribution in [2.75, 3.05) is 11.4 Å². The fraction of sp³-hybridized carbons (Fsp3) is 0.192. The van der Waals surface area contributed by atoms with Crippen LogP contribution >= 0.6 is 22.6 Å². The third kappa shape index (κ3) is 5.39. The molecule has 1 aliphatic rings. The van der Waals surface area contributed by atoms with Crippen LogP contribution in [-0.4, -0.2) is 35.5 Å². The second kappa shape index (κ2) is 10.3. The molecule has 7 nitrogen and oxygen atoms in total. The highest BCUT2D eigenvalue weighted by Crippen LogP contribution is 2.27. The van der Waals surface area contributed by atoms with Crippen LogP contribution in [0.4, 0.5) is 5.69 Å². The van der Waals surface area contributed by atoms with E-state index in [1.807, 2.05) is 73.7 Å². The monoisotopic (exact) mass is 569 g/mol. The molecule has 1 heterocycles. The predicted molar refractivity (Wildman–Crippen MR) is 139 cm³/mol. The molecule has 34 heavy (non-hydrogen) atoms. The Hall–Kier alpha value is -3.40. The highest BCUT2D eigenvalue weighted by molar-refractivity contribution is 14.1. The number of benzene rings is 3. The number of rotatable bonds is 6. The molecule has 0 radical (unpaired) electrons. The summed E-state index contributed by atoms with van der Waals surface area (Å²) in [5, 5.41) is 5.69. The van der Waals surface area contributed by atoms with E-state index in [1.54, 1.807) is 11.0 Å². The Labute approximate surface area is 212 Å². The minimum atomic E-state index is -0.756. The molecule has 2 amide bonds. The fourth-order valence-corrected chi connectivity index (χ4v) is 4.32.